The normalized spacial score (nSPS) is 22.1. The van der Waals surface area contributed by atoms with Gasteiger partial charge in [-0.3, -0.25) is 33.7 Å². The third-order valence-corrected chi connectivity index (χ3v) is 13.9. The molecular formula is C50H73N5O9. The van der Waals surface area contributed by atoms with Crippen LogP contribution in [0, 0.1) is 22.2 Å². The molecule has 4 aliphatic rings. The molecule has 14 heteroatoms. The zero-order valence-corrected chi connectivity index (χ0v) is 39.4. The van der Waals surface area contributed by atoms with Crippen LogP contribution in [0.15, 0.2) is 36.9 Å². The fourth-order valence-corrected chi connectivity index (χ4v) is 9.85. The van der Waals surface area contributed by atoms with Gasteiger partial charge in [0.05, 0.1) is 18.6 Å². The van der Waals surface area contributed by atoms with Crippen LogP contribution in [0.4, 0.5) is 9.59 Å². The van der Waals surface area contributed by atoms with Gasteiger partial charge in [0.25, 0.3) is 0 Å². The summed E-state index contributed by atoms with van der Waals surface area (Å²) in [6.45, 7) is 17.7. The molecule has 3 aliphatic heterocycles. The number of imide groups is 1. The fourth-order valence-electron chi connectivity index (χ4n) is 9.85. The monoisotopic (exact) mass is 888 g/mol. The van der Waals surface area contributed by atoms with Crippen molar-refractivity contribution >= 4 is 47.2 Å². The number of benzene rings is 1. The van der Waals surface area contributed by atoms with Crippen molar-refractivity contribution in [3.05, 3.63) is 48.0 Å². The number of amides is 6. The average molecular weight is 888 g/mol. The SMILES string of the molecule is C=CCCC(=O)C(=O)C(CCCC)CC(=O)[C@@H]1C[C@@H](OC(=O)N2CCc3ccccc3C2)CN1C(=O)[C@@H](NC(=O)N[C@H](CN1C(=O)CC(C)(C)CC1=O)C(C)(C)C)C1(C)CCCCC1. The summed E-state index contributed by atoms with van der Waals surface area (Å²) in [7, 11) is 0. The highest BCUT2D eigenvalue weighted by Gasteiger charge is 2.50. The van der Waals surface area contributed by atoms with Crippen molar-refractivity contribution < 1.29 is 43.1 Å². The number of hydrogen-bond donors (Lipinski definition) is 2. The lowest BCUT2D eigenvalue weighted by Gasteiger charge is -2.43. The molecule has 5 atom stereocenters. The molecule has 5 rings (SSSR count). The predicted molar refractivity (Wildman–Crippen MR) is 243 cm³/mol. The molecular weight excluding hydrogens is 815 g/mol. The van der Waals surface area contributed by atoms with Crippen molar-refractivity contribution in [1.82, 2.24) is 25.3 Å². The fraction of sp³-hybridized carbons (Fsp3) is 0.680. The van der Waals surface area contributed by atoms with Gasteiger partial charge in [-0.2, -0.15) is 0 Å². The Labute approximate surface area is 380 Å². The van der Waals surface area contributed by atoms with E-state index in [-0.39, 0.29) is 57.0 Å². The second kappa shape index (κ2) is 21.4. The van der Waals surface area contributed by atoms with Gasteiger partial charge in [0.2, 0.25) is 23.5 Å². The van der Waals surface area contributed by atoms with Gasteiger partial charge in [-0.1, -0.05) is 111 Å². The van der Waals surface area contributed by atoms with E-state index in [9.17, 15) is 33.6 Å². The van der Waals surface area contributed by atoms with Gasteiger partial charge in [0, 0.05) is 57.7 Å². The number of carbonyl (C=O) groups is 8. The Morgan fingerprint density at radius 3 is 2.23 bits per heavy atom. The Balaban J connectivity index is 1.42. The summed E-state index contributed by atoms with van der Waals surface area (Å²) in [5, 5.41) is 6.02. The third-order valence-electron chi connectivity index (χ3n) is 13.9. The number of ketones is 3. The number of rotatable bonds is 18. The number of piperidine rings is 1. The molecule has 2 saturated heterocycles. The topological polar surface area (TPSA) is 180 Å². The summed E-state index contributed by atoms with van der Waals surface area (Å²) >= 11 is 0. The molecule has 1 unspecified atom stereocenters. The number of fused-ring (bicyclic) bond motifs is 1. The molecule has 0 spiro atoms. The molecule has 352 valence electrons. The lowest BCUT2D eigenvalue weighted by Crippen LogP contribution is -2.63. The van der Waals surface area contributed by atoms with Gasteiger partial charge in [-0.05, 0) is 59.5 Å². The molecule has 1 aliphatic carbocycles. The predicted octanol–water partition coefficient (Wildman–Crippen LogP) is 7.25. The molecule has 0 radical (unpaired) electrons. The first-order valence-electron chi connectivity index (χ1n) is 23.6. The summed E-state index contributed by atoms with van der Waals surface area (Å²) in [5.41, 5.74) is 0.408. The molecule has 14 nitrogen and oxygen atoms in total. The Hall–Kier alpha value is -4.88. The highest BCUT2D eigenvalue weighted by atomic mass is 16.6. The number of unbranched alkanes of at least 4 members (excludes halogenated alkanes) is 1. The molecule has 1 aromatic carbocycles. The van der Waals surface area contributed by atoms with Gasteiger partial charge in [0.15, 0.2) is 11.6 Å². The van der Waals surface area contributed by atoms with E-state index in [0.717, 1.165) is 36.8 Å². The van der Waals surface area contributed by atoms with Gasteiger partial charge in [-0.15, -0.1) is 6.58 Å². The van der Waals surface area contributed by atoms with E-state index < -0.39 is 81.8 Å². The molecule has 2 N–H and O–H groups in total. The van der Waals surface area contributed by atoms with Crippen LogP contribution in [-0.2, 0) is 46.5 Å². The molecule has 1 aromatic rings. The van der Waals surface area contributed by atoms with Gasteiger partial charge >= 0.3 is 12.1 Å². The van der Waals surface area contributed by atoms with E-state index in [4.69, 9.17) is 4.74 Å². The number of nitrogens with one attached hydrogen (secondary N) is 2. The first kappa shape index (κ1) is 50.1. The van der Waals surface area contributed by atoms with Crippen LogP contribution in [0.5, 0.6) is 0 Å². The second-order valence-corrected chi connectivity index (χ2v) is 20.9. The lowest BCUT2D eigenvalue weighted by molar-refractivity contribution is -0.153. The molecule has 0 aromatic heterocycles. The number of ether oxygens (including phenoxy) is 1. The summed E-state index contributed by atoms with van der Waals surface area (Å²) in [4.78, 5) is 115. The second-order valence-electron chi connectivity index (χ2n) is 20.9. The Morgan fingerprint density at radius 1 is 0.953 bits per heavy atom. The molecule has 1 saturated carbocycles. The quantitative estimate of drug-likeness (QED) is 0.0873. The number of Topliss-reactive ketones (excluding diaryl/α,β-unsaturated/α-hetero) is 3. The third kappa shape index (κ3) is 12.7. The summed E-state index contributed by atoms with van der Waals surface area (Å²) in [5.74, 6) is -3.55. The van der Waals surface area contributed by atoms with E-state index in [2.05, 4.69) is 17.2 Å². The van der Waals surface area contributed by atoms with Crippen LogP contribution < -0.4 is 10.6 Å². The minimum atomic E-state index is -1.10. The van der Waals surface area contributed by atoms with E-state index in [1.54, 1.807) is 11.0 Å². The van der Waals surface area contributed by atoms with E-state index in [1.165, 1.54) is 9.80 Å². The summed E-state index contributed by atoms with van der Waals surface area (Å²) in [6, 6.07) is 4.39. The Kier molecular flexibility index (Phi) is 16.8. The van der Waals surface area contributed by atoms with E-state index in [1.807, 2.05) is 72.7 Å². The maximum atomic E-state index is 15.3. The van der Waals surface area contributed by atoms with Crippen molar-refractivity contribution in [2.45, 2.75) is 176 Å². The van der Waals surface area contributed by atoms with Gasteiger partial charge in [0.1, 0.15) is 12.1 Å². The van der Waals surface area contributed by atoms with Crippen LogP contribution in [0.3, 0.4) is 0 Å². The van der Waals surface area contributed by atoms with Crippen LogP contribution in [0.25, 0.3) is 0 Å². The van der Waals surface area contributed by atoms with Gasteiger partial charge < -0.3 is 25.2 Å². The number of nitrogens with zero attached hydrogens (tertiary/aromatic N) is 3. The summed E-state index contributed by atoms with van der Waals surface area (Å²) in [6.07, 6.45) is 6.87. The number of carbonyl (C=O) groups excluding carboxylic acids is 8. The molecule has 64 heavy (non-hydrogen) atoms. The average Bonchev–Trinajstić information content (AvgIpc) is 3.66. The first-order chi connectivity index (χ1) is 30.2. The number of hydrogen-bond acceptors (Lipinski definition) is 9. The maximum absolute atomic E-state index is 15.3. The smallest absolute Gasteiger partial charge is 0.410 e. The number of likely N-dealkylation sites (tertiary alicyclic amines) is 2. The Bertz CT molecular complexity index is 1910. The largest absolute Gasteiger partial charge is 0.444 e. The minimum absolute atomic E-state index is 0.000912. The zero-order chi connectivity index (χ0) is 47.0. The molecule has 6 amide bonds. The van der Waals surface area contributed by atoms with Gasteiger partial charge in [-0.25, -0.2) is 9.59 Å². The van der Waals surface area contributed by atoms with Crippen LogP contribution in [0.2, 0.25) is 0 Å². The molecule has 3 heterocycles. The van der Waals surface area contributed by atoms with Crippen molar-refractivity contribution in [2.24, 2.45) is 22.2 Å². The van der Waals surface area contributed by atoms with Crippen molar-refractivity contribution in [1.29, 1.82) is 0 Å². The van der Waals surface area contributed by atoms with Crippen LogP contribution in [0.1, 0.15) is 149 Å². The number of allylic oxidation sites excluding steroid dienone is 1. The van der Waals surface area contributed by atoms with Crippen molar-refractivity contribution in [3.8, 4) is 0 Å². The van der Waals surface area contributed by atoms with E-state index >= 15 is 4.79 Å². The van der Waals surface area contributed by atoms with E-state index in [0.29, 0.717) is 51.6 Å². The highest BCUT2D eigenvalue weighted by molar-refractivity contribution is 6.38. The lowest BCUT2D eigenvalue weighted by atomic mass is 9.70. The number of urea groups is 1. The molecule has 0 bridgehead atoms. The Morgan fingerprint density at radius 2 is 1.61 bits per heavy atom. The van der Waals surface area contributed by atoms with Crippen molar-refractivity contribution in [2.75, 3.05) is 19.6 Å². The zero-order valence-electron chi connectivity index (χ0n) is 39.4. The molecule has 3 fully saturated rings. The first-order valence-corrected chi connectivity index (χ1v) is 23.6. The minimum Gasteiger partial charge on any atom is -0.444 e. The summed E-state index contributed by atoms with van der Waals surface area (Å²) < 4.78 is 6.10. The maximum Gasteiger partial charge on any atom is 0.410 e. The standard InChI is InChI=1S/C50H73N5O9/c1-9-11-18-34(43(60)38(56)21-12-10-2)26-39(57)37-27-36(64-47(63)53-25-22-33-19-14-15-20-35(33)30-53)31-54(37)45(61)44(50(8)23-16-13-17-24-50)52-46(62)51-40(48(3,4)5)32-55-41(58)28-49(6,7)29-42(55)59/h10,14-15,19-20,34,36-37,40,44H,2,9,11-13,16-18,21-32H2,1,3-8H3,(H2,51,52,62)/t34?,36-,37+,40-,44-/m1/s1. The van der Waals surface area contributed by atoms with Crippen LogP contribution >= 0.6 is 0 Å². The highest BCUT2D eigenvalue weighted by Crippen LogP contribution is 2.41. The van der Waals surface area contributed by atoms with Crippen LogP contribution in [-0.4, -0.2) is 106 Å². The van der Waals surface area contributed by atoms with Crippen molar-refractivity contribution in [3.63, 3.8) is 0 Å².